The average molecular weight is 407 g/mol. The third-order valence-electron chi connectivity index (χ3n) is 7.12. The van der Waals surface area contributed by atoms with Crippen LogP contribution in [0.15, 0.2) is 0 Å². The molecule has 0 aromatic heterocycles. The van der Waals surface area contributed by atoms with E-state index in [0.29, 0.717) is 6.42 Å². The van der Waals surface area contributed by atoms with Crippen LogP contribution in [0.5, 0.6) is 0 Å². The predicted octanol–water partition coefficient (Wildman–Crippen LogP) is 2.10. The van der Waals surface area contributed by atoms with E-state index in [1.165, 1.54) is 51.9 Å². The highest BCUT2D eigenvalue weighted by Gasteiger charge is 2.47. The lowest BCUT2D eigenvalue weighted by molar-refractivity contribution is -0.127. The summed E-state index contributed by atoms with van der Waals surface area (Å²) in [7, 11) is 0. The zero-order valence-electron chi connectivity index (χ0n) is 18.6. The minimum Gasteiger partial charge on any atom is -0.356 e. The van der Waals surface area contributed by atoms with Crippen LogP contribution in [0.3, 0.4) is 0 Å². The minimum absolute atomic E-state index is 0.0693. The molecule has 0 spiro atoms. The van der Waals surface area contributed by atoms with E-state index in [9.17, 15) is 9.59 Å². The van der Waals surface area contributed by atoms with Crippen LogP contribution in [0.4, 0.5) is 0 Å². The van der Waals surface area contributed by atoms with Crippen molar-refractivity contribution in [2.75, 3.05) is 52.4 Å². The fourth-order valence-electron chi connectivity index (χ4n) is 4.64. The summed E-state index contributed by atoms with van der Waals surface area (Å²) in [5, 5.41) is 6.08. The fraction of sp³-hybridized carbons (Fsp3) is 0.913. The van der Waals surface area contributed by atoms with Gasteiger partial charge in [0.05, 0.1) is 11.8 Å². The molecule has 0 aromatic carbocycles. The maximum absolute atomic E-state index is 12.3. The van der Waals surface area contributed by atoms with E-state index in [-0.39, 0.29) is 23.7 Å². The quantitative estimate of drug-likeness (QED) is 0.546. The maximum atomic E-state index is 12.3. The number of carbonyl (C=O) groups excluding carboxylic acids is 2. The van der Waals surface area contributed by atoms with Crippen LogP contribution in [0, 0.1) is 23.7 Å². The summed E-state index contributed by atoms with van der Waals surface area (Å²) < 4.78 is 0. The Morgan fingerprint density at radius 1 is 0.724 bits per heavy atom. The van der Waals surface area contributed by atoms with E-state index < -0.39 is 0 Å². The number of amides is 2. The van der Waals surface area contributed by atoms with E-state index >= 15 is 0 Å². The SMILES string of the molecule is CC1CCN(CCCNC(=O)C2CC2C(=O)NCCCN2CCC(C)CC2)CC1. The first-order valence-electron chi connectivity index (χ1n) is 12.0. The molecule has 6 nitrogen and oxygen atoms in total. The summed E-state index contributed by atoms with van der Waals surface area (Å²) in [5.41, 5.74) is 0. The van der Waals surface area contributed by atoms with Crippen molar-refractivity contribution in [3.05, 3.63) is 0 Å². The summed E-state index contributed by atoms with van der Waals surface area (Å²) >= 11 is 0. The third-order valence-corrected chi connectivity index (χ3v) is 7.12. The van der Waals surface area contributed by atoms with Crippen LogP contribution in [-0.2, 0) is 9.59 Å². The van der Waals surface area contributed by atoms with E-state index in [1.807, 2.05) is 0 Å². The van der Waals surface area contributed by atoms with E-state index in [4.69, 9.17) is 0 Å². The van der Waals surface area contributed by atoms with Crippen LogP contribution in [-0.4, -0.2) is 74.0 Å². The van der Waals surface area contributed by atoms with Gasteiger partial charge in [-0.15, -0.1) is 0 Å². The molecule has 29 heavy (non-hydrogen) atoms. The molecule has 3 rings (SSSR count). The molecular weight excluding hydrogens is 364 g/mol. The highest BCUT2D eigenvalue weighted by atomic mass is 16.2. The van der Waals surface area contributed by atoms with Crippen molar-refractivity contribution in [3.63, 3.8) is 0 Å². The number of likely N-dealkylation sites (tertiary alicyclic amines) is 2. The van der Waals surface area contributed by atoms with Gasteiger partial charge in [-0.2, -0.15) is 0 Å². The number of nitrogens with one attached hydrogen (secondary N) is 2. The molecule has 1 saturated carbocycles. The molecular formula is C23H42N4O2. The Bertz CT molecular complexity index is 479. The number of hydrogen-bond acceptors (Lipinski definition) is 4. The minimum atomic E-state index is -0.102. The fourth-order valence-corrected chi connectivity index (χ4v) is 4.64. The third kappa shape index (κ3) is 7.56. The van der Waals surface area contributed by atoms with Crippen molar-refractivity contribution >= 4 is 11.8 Å². The van der Waals surface area contributed by atoms with Crippen LogP contribution in [0.25, 0.3) is 0 Å². The molecule has 2 atom stereocenters. The van der Waals surface area contributed by atoms with Crippen LogP contribution in [0.2, 0.25) is 0 Å². The maximum Gasteiger partial charge on any atom is 0.223 e. The lowest BCUT2D eigenvalue weighted by Crippen LogP contribution is -2.36. The van der Waals surface area contributed by atoms with Gasteiger partial charge in [-0.05, 0) is 96.1 Å². The molecule has 2 amide bonds. The van der Waals surface area contributed by atoms with Gasteiger partial charge >= 0.3 is 0 Å². The first-order valence-corrected chi connectivity index (χ1v) is 12.0. The molecule has 3 fully saturated rings. The van der Waals surface area contributed by atoms with E-state index in [0.717, 1.165) is 50.9 Å². The van der Waals surface area contributed by atoms with Crippen molar-refractivity contribution in [1.29, 1.82) is 0 Å². The number of piperidine rings is 2. The second kappa shape index (κ2) is 11.3. The van der Waals surface area contributed by atoms with Gasteiger partial charge in [-0.1, -0.05) is 13.8 Å². The van der Waals surface area contributed by atoms with Crippen molar-refractivity contribution in [2.24, 2.45) is 23.7 Å². The van der Waals surface area contributed by atoms with Crippen LogP contribution in [0.1, 0.15) is 58.8 Å². The van der Waals surface area contributed by atoms with E-state index in [2.05, 4.69) is 34.3 Å². The summed E-state index contributed by atoms with van der Waals surface area (Å²) in [5.74, 6) is 1.65. The molecule has 0 bridgehead atoms. The molecule has 2 N–H and O–H groups in total. The summed E-state index contributed by atoms with van der Waals surface area (Å²) in [6.07, 6.45) is 7.89. The van der Waals surface area contributed by atoms with Gasteiger partial charge in [0.25, 0.3) is 0 Å². The second-order valence-corrected chi connectivity index (χ2v) is 9.79. The average Bonchev–Trinajstić information content (AvgIpc) is 3.52. The molecule has 6 heteroatoms. The largest absolute Gasteiger partial charge is 0.356 e. The van der Waals surface area contributed by atoms with Crippen LogP contribution < -0.4 is 10.6 Å². The second-order valence-electron chi connectivity index (χ2n) is 9.79. The molecule has 0 aromatic rings. The Balaban J connectivity index is 1.19. The van der Waals surface area contributed by atoms with Gasteiger partial charge in [-0.3, -0.25) is 9.59 Å². The van der Waals surface area contributed by atoms with Gasteiger partial charge < -0.3 is 20.4 Å². The Morgan fingerprint density at radius 2 is 1.10 bits per heavy atom. The molecule has 2 aliphatic heterocycles. The van der Waals surface area contributed by atoms with Crippen molar-refractivity contribution in [2.45, 2.75) is 58.8 Å². The van der Waals surface area contributed by atoms with Gasteiger partial charge in [-0.25, -0.2) is 0 Å². The predicted molar refractivity (Wildman–Crippen MR) is 117 cm³/mol. The van der Waals surface area contributed by atoms with Crippen molar-refractivity contribution in [1.82, 2.24) is 20.4 Å². The van der Waals surface area contributed by atoms with E-state index in [1.54, 1.807) is 0 Å². The molecule has 2 unspecified atom stereocenters. The summed E-state index contributed by atoms with van der Waals surface area (Å²) in [6, 6.07) is 0. The molecule has 0 radical (unpaired) electrons. The molecule has 166 valence electrons. The Labute approximate surface area is 177 Å². The normalized spacial score (nSPS) is 27.0. The number of carbonyl (C=O) groups is 2. The topological polar surface area (TPSA) is 64.7 Å². The van der Waals surface area contributed by atoms with Crippen molar-refractivity contribution in [3.8, 4) is 0 Å². The highest BCUT2D eigenvalue weighted by Crippen LogP contribution is 2.38. The smallest absolute Gasteiger partial charge is 0.223 e. The lowest BCUT2D eigenvalue weighted by Gasteiger charge is -2.30. The molecule has 2 saturated heterocycles. The van der Waals surface area contributed by atoms with Gasteiger partial charge in [0, 0.05) is 13.1 Å². The number of rotatable bonds is 10. The molecule has 2 heterocycles. The summed E-state index contributed by atoms with van der Waals surface area (Å²) in [6.45, 7) is 13.0. The zero-order valence-corrected chi connectivity index (χ0v) is 18.6. The zero-order chi connectivity index (χ0) is 20.6. The highest BCUT2D eigenvalue weighted by molar-refractivity contribution is 5.92. The summed E-state index contributed by atoms with van der Waals surface area (Å²) in [4.78, 5) is 29.5. The standard InChI is InChI=1S/C23H42N4O2/c1-18-5-13-26(14-6-18)11-3-9-24-22(28)20-17-21(20)23(29)25-10-4-12-27-15-7-19(2)8-16-27/h18-21H,3-17H2,1-2H3,(H,24,28)(H,25,29). The number of hydrogen-bond donors (Lipinski definition) is 2. The first kappa shape index (κ1) is 22.5. The van der Waals surface area contributed by atoms with Gasteiger partial charge in [0.1, 0.15) is 0 Å². The Kier molecular flexibility index (Phi) is 8.79. The van der Waals surface area contributed by atoms with Crippen molar-refractivity contribution < 1.29 is 9.59 Å². The number of nitrogens with zero attached hydrogens (tertiary/aromatic N) is 2. The molecule has 1 aliphatic carbocycles. The van der Waals surface area contributed by atoms with Gasteiger partial charge in [0.15, 0.2) is 0 Å². The molecule has 3 aliphatic rings. The lowest BCUT2D eigenvalue weighted by atomic mass is 9.99. The monoisotopic (exact) mass is 406 g/mol. The van der Waals surface area contributed by atoms with Gasteiger partial charge in [0.2, 0.25) is 11.8 Å². The van der Waals surface area contributed by atoms with Crippen LogP contribution >= 0.6 is 0 Å². The Morgan fingerprint density at radius 3 is 1.48 bits per heavy atom. The Hall–Kier alpha value is -1.14. The first-order chi connectivity index (χ1) is 14.0.